The van der Waals surface area contributed by atoms with Gasteiger partial charge in [0.15, 0.2) is 0 Å². The van der Waals surface area contributed by atoms with Crippen LogP contribution in [-0.2, 0) is 9.59 Å². The van der Waals surface area contributed by atoms with Crippen molar-refractivity contribution in [3.8, 4) is 0 Å². The topological polar surface area (TPSA) is 66.4 Å². The molecule has 1 aromatic carbocycles. The molecule has 0 unspecified atom stereocenters. The van der Waals surface area contributed by atoms with E-state index in [2.05, 4.69) is 11.4 Å². The van der Waals surface area contributed by atoms with E-state index in [4.69, 9.17) is 5.11 Å². The lowest BCUT2D eigenvalue weighted by Crippen LogP contribution is -2.22. The normalized spacial score (nSPS) is 24.7. The molecule has 23 heavy (non-hydrogen) atoms. The minimum absolute atomic E-state index is 0.0341. The molecule has 0 saturated heterocycles. The Morgan fingerprint density at radius 3 is 2.43 bits per heavy atom. The molecule has 3 rings (SSSR count). The minimum Gasteiger partial charge on any atom is -0.481 e. The van der Waals surface area contributed by atoms with Crippen LogP contribution in [0.25, 0.3) is 0 Å². The van der Waals surface area contributed by atoms with Gasteiger partial charge in [-0.05, 0) is 44.2 Å². The molecule has 0 heterocycles. The summed E-state index contributed by atoms with van der Waals surface area (Å²) in [6.07, 6.45) is 6.81. The summed E-state index contributed by atoms with van der Waals surface area (Å²) >= 11 is 1.86. The third-order valence-electron chi connectivity index (χ3n) is 4.89. The van der Waals surface area contributed by atoms with Crippen LogP contribution >= 0.6 is 11.8 Å². The molecule has 1 amide bonds. The van der Waals surface area contributed by atoms with Gasteiger partial charge in [0.05, 0.1) is 11.6 Å². The fourth-order valence-corrected chi connectivity index (χ4v) is 4.87. The van der Waals surface area contributed by atoms with Crippen molar-refractivity contribution in [1.82, 2.24) is 0 Å². The van der Waals surface area contributed by atoms with Crippen molar-refractivity contribution < 1.29 is 14.7 Å². The Bertz CT molecular complexity index is 583. The number of rotatable bonds is 5. The zero-order chi connectivity index (χ0) is 16.2. The number of aliphatic carboxylic acids is 1. The number of carbonyl (C=O) groups excluding carboxylic acids is 1. The first-order chi connectivity index (χ1) is 11.1. The van der Waals surface area contributed by atoms with Crippen LogP contribution in [0.15, 0.2) is 29.2 Å². The average molecular weight is 333 g/mol. The maximum Gasteiger partial charge on any atom is 0.306 e. The molecule has 1 aromatic rings. The first-order valence-corrected chi connectivity index (χ1v) is 9.31. The number of hydrogen-bond acceptors (Lipinski definition) is 3. The van der Waals surface area contributed by atoms with Gasteiger partial charge in [-0.25, -0.2) is 0 Å². The first-order valence-electron chi connectivity index (χ1n) is 8.43. The Labute approximate surface area is 141 Å². The fraction of sp³-hybridized carbons (Fsp3) is 0.556. The molecular formula is C18H23NO3S. The van der Waals surface area contributed by atoms with Crippen LogP contribution in [-0.4, -0.2) is 22.2 Å². The Morgan fingerprint density at radius 2 is 1.74 bits per heavy atom. The summed E-state index contributed by atoms with van der Waals surface area (Å²) in [5.41, 5.74) is 0.869. The van der Waals surface area contributed by atoms with Crippen LogP contribution in [0, 0.1) is 11.8 Å². The zero-order valence-corrected chi connectivity index (χ0v) is 14.0. The fourth-order valence-electron chi connectivity index (χ4n) is 3.54. The quantitative estimate of drug-likeness (QED) is 0.849. The van der Waals surface area contributed by atoms with Crippen LogP contribution < -0.4 is 5.32 Å². The number of carboxylic acid groups (broad SMARTS) is 1. The van der Waals surface area contributed by atoms with E-state index in [9.17, 15) is 9.59 Å². The van der Waals surface area contributed by atoms with Crippen molar-refractivity contribution >= 4 is 29.3 Å². The Balaban J connectivity index is 1.63. The van der Waals surface area contributed by atoms with E-state index in [1.165, 1.54) is 25.7 Å². The van der Waals surface area contributed by atoms with Crippen LogP contribution in [0.2, 0.25) is 0 Å². The Hall–Kier alpha value is -1.49. The van der Waals surface area contributed by atoms with Crippen molar-refractivity contribution in [3.05, 3.63) is 24.3 Å². The predicted molar refractivity (Wildman–Crippen MR) is 91.7 cm³/mol. The van der Waals surface area contributed by atoms with Gasteiger partial charge >= 0.3 is 5.97 Å². The maximum absolute atomic E-state index is 12.5. The Kier molecular flexibility index (Phi) is 5.26. The van der Waals surface area contributed by atoms with Crippen molar-refractivity contribution in [2.45, 2.75) is 55.1 Å². The molecule has 4 nitrogen and oxygen atoms in total. The van der Waals surface area contributed by atoms with E-state index in [0.717, 1.165) is 10.6 Å². The zero-order valence-electron chi connectivity index (χ0n) is 13.2. The third-order valence-corrected chi connectivity index (χ3v) is 6.31. The number of nitrogens with one attached hydrogen (secondary N) is 1. The van der Waals surface area contributed by atoms with Gasteiger partial charge < -0.3 is 10.4 Å². The molecule has 5 heteroatoms. The largest absolute Gasteiger partial charge is 0.481 e. The van der Waals surface area contributed by atoms with Crippen molar-refractivity contribution in [1.29, 1.82) is 0 Å². The molecule has 2 aliphatic carbocycles. The SMILES string of the molecule is O=C(O)[C@@H]1CC[C@H](C(=O)Nc2ccccc2SC2CCCC2)C1. The summed E-state index contributed by atoms with van der Waals surface area (Å²) in [7, 11) is 0. The summed E-state index contributed by atoms with van der Waals surface area (Å²) in [6, 6.07) is 7.94. The number of amides is 1. The number of para-hydroxylation sites is 1. The minimum atomic E-state index is -0.780. The highest BCUT2D eigenvalue weighted by Gasteiger charge is 2.34. The van der Waals surface area contributed by atoms with E-state index >= 15 is 0 Å². The monoisotopic (exact) mass is 333 g/mol. The smallest absolute Gasteiger partial charge is 0.306 e. The van der Waals surface area contributed by atoms with Crippen molar-refractivity contribution in [3.63, 3.8) is 0 Å². The van der Waals surface area contributed by atoms with Crippen LogP contribution in [0.4, 0.5) is 5.69 Å². The summed E-state index contributed by atoms with van der Waals surface area (Å²) < 4.78 is 0. The molecule has 2 N–H and O–H groups in total. The van der Waals surface area contributed by atoms with Gasteiger partial charge in [0, 0.05) is 16.1 Å². The molecule has 0 spiro atoms. The third kappa shape index (κ3) is 4.08. The van der Waals surface area contributed by atoms with Crippen LogP contribution in [0.3, 0.4) is 0 Å². The first kappa shape index (κ1) is 16.4. The summed E-state index contributed by atoms with van der Waals surface area (Å²) in [5, 5.41) is 12.8. The lowest BCUT2D eigenvalue weighted by molar-refractivity contribution is -0.141. The van der Waals surface area contributed by atoms with Crippen LogP contribution in [0.1, 0.15) is 44.9 Å². The number of anilines is 1. The molecular weight excluding hydrogens is 310 g/mol. The van der Waals surface area contributed by atoms with E-state index in [1.807, 2.05) is 30.0 Å². The highest BCUT2D eigenvalue weighted by Crippen LogP contribution is 2.39. The lowest BCUT2D eigenvalue weighted by atomic mass is 10.0. The van der Waals surface area contributed by atoms with Gasteiger partial charge in [0.2, 0.25) is 5.91 Å². The number of carbonyl (C=O) groups is 2. The molecule has 0 bridgehead atoms. The van der Waals surface area contributed by atoms with Gasteiger partial charge in [-0.15, -0.1) is 11.8 Å². The second-order valence-electron chi connectivity index (χ2n) is 6.55. The number of thioether (sulfide) groups is 1. The van der Waals surface area contributed by atoms with Gasteiger partial charge in [0.25, 0.3) is 0 Å². The molecule has 2 saturated carbocycles. The number of hydrogen-bond donors (Lipinski definition) is 2. The van der Waals surface area contributed by atoms with E-state index in [0.29, 0.717) is 24.5 Å². The standard InChI is InChI=1S/C18H23NO3S/c20-17(12-9-10-13(11-12)18(21)22)19-15-7-3-4-8-16(15)23-14-5-1-2-6-14/h3-4,7-8,12-14H,1-2,5-6,9-11H2,(H,19,20)(H,21,22)/t12-,13+/m0/s1. The molecule has 0 aromatic heterocycles. The van der Waals surface area contributed by atoms with Gasteiger partial charge in [-0.3, -0.25) is 9.59 Å². The molecule has 2 fully saturated rings. The molecule has 0 aliphatic heterocycles. The second kappa shape index (κ2) is 7.39. The highest BCUT2D eigenvalue weighted by molar-refractivity contribution is 8.00. The maximum atomic E-state index is 12.5. The summed E-state index contributed by atoms with van der Waals surface area (Å²) in [6.45, 7) is 0. The molecule has 124 valence electrons. The summed E-state index contributed by atoms with van der Waals surface area (Å²) in [4.78, 5) is 24.6. The number of benzene rings is 1. The molecule has 0 radical (unpaired) electrons. The highest BCUT2D eigenvalue weighted by atomic mass is 32.2. The lowest BCUT2D eigenvalue weighted by Gasteiger charge is -2.16. The second-order valence-corrected chi connectivity index (χ2v) is 7.90. The van der Waals surface area contributed by atoms with Gasteiger partial charge in [0.1, 0.15) is 0 Å². The summed E-state index contributed by atoms with van der Waals surface area (Å²) in [5.74, 6) is -1.36. The van der Waals surface area contributed by atoms with Gasteiger partial charge in [-0.2, -0.15) is 0 Å². The van der Waals surface area contributed by atoms with Crippen molar-refractivity contribution in [2.75, 3.05) is 5.32 Å². The Morgan fingerprint density at radius 1 is 1.04 bits per heavy atom. The predicted octanol–water partition coefficient (Wildman–Crippen LogP) is 4.16. The molecule has 2 aliphatic rings. The van der Waals surface area contributed by atoms with Crippen molar-refractivity contribution in [2.24, 2.45) is 11.8 Å². The van der Waals surface area contributed by atoms with E-state index in [-0.39, 0.29) is 17.7 Å². The van der Waals surface area contributed by atoms with Crippen LogP contribution in [0.5, 0.6) is 0 Å². The number of carboxylic acids is 1. The van der Waals surface area contributed by atoms with E-state index in [1.54, 1.807) is 0 Å². The molecule has 2 atom stereocenters. The van der Waals surface area contributed by atoms with Gasteiger partial charge in [-0.1, -0.05) is 25.0 Å². The van der Waals surface area contributed by atoms with E-state index < -0.39 is 5.97 Å². The average Bonchev–Trinajstić information content (AvgIpc) is 3.20.